The summed E-state index contributed by atoms with van der Waals surface area (Å²) in [4.78, 5) is 37.4. The molecule has 1 aromatic heterocycles. The number of carbonyl (C=O) groups is 3. The number of rotatable bonds is 6. The second kappa shape index (κ2) is 8.45. The van der Waals surface area contributed by atoms with E-state index in [0.29, 0.717) is 17.0 Å². The number of nitrogens with one attached hydrogen (secondary N) is 1. The van der Waals surface area contributed by atoms with E-state index >= 15 is 0 Å². The van der Waals surface area contributed by atoms with Crippen molar-refractivity contribution in [2.45, 2.75) is 59.0 Å². The van der Waals surface area contributed by atoms with Crippen molar-refractivity contribution in [1.29, 1.82) is 0 Å². The molecule has 0 spiro atoms. The third kappa shape index (κ3) is 4.99. The van der Waals surface area contributed by atoms with E-state index in [-0.39, 0.29) is 17.7 Å². The Morgan fingerprint density at radius 1 is 1.21 bits per heavy atom. The second-order valence-corrected chi connectivity index (χ2v) is 9.04. The average molecular weight is 410 g/mol. The Morgan fingerprint density at radius 3 is 2.50 bits per heavy atom. The maximum Gasteiger partial charge on any atom is 0.341 e. The van der Waals surface area contributed by atoms with Gasteiger partial charge in [0.25, 0.3) is 5.91 Å². The van der Waals surface area contributed by atoms with Gasteiger partial charge < -0.3 is 20.1 Å². The van der Waals surface area contributed by atoms with Gasteiger partial charge in [-0.2, -0.15) is 0 Å². The van der Waals surface area contributed by atoms with Gasteiger partial charge in [-0.25, -0.2) is 9.59 Å². The number of allylic oxidation sites excluding steroid dienone is 1. The van der Waals surface area contributed by atoms with E-state index in [9.17, 15) is 14.4 Å². The van der Waals surface area contributed by atoms with Gasteiger partial charge in [0.05, 0.1) is 22.6 Å². The molecule has 0 saturated carbocycles. The van der Waals surface area contributed by atoms with Crippen molar-refractivity contribution in [3.05, 3.63) is 28.2 Å². The highest BCUT2D eigenvalue weighted by atomic mass is 32.1. The van der Waals surface area contributed by atoms with Crippen molar-refractivity contribution in [2.24, 2.45) is 0 Å². The van der Waals surface area contributed by atoms with Gasteiger partial charge in [-0.3, -0.25) is 4.79 Å². The largest absolute Gasteiger partial charge is 0.462 e. The van der Waals surface area contributed by atoms with E-state index in [0.717, 1.165) is 10.4 Å². The summed E-state index contributed by atoms with van der Waals surface area (Å²) in [6.07, 6.45) is 3.46. The number of nitrogens with two attached hydrogens (primary N) is 1. The van der Waals surface area contributed by atoms with Gasteiger partial charge in [0.1, 0.15) is 10.5 Å². The highest BCUT2D eigenvalue weighted by molar-refractivity contribution is 7.17. The summed E-state index contributed by atoms with van der Waals surface area (Å²) < 4.78 is 10.1. The molecule has 2 rings (SSSR count). The monoisotopic (exact) mass is 409 g/mol. The van der Waals surface area contributed by atoms with Crippen LogP contribution in [0.2, 0.25) is 0 Å². The number of hydrogen-bond acceptors (Lipinski definition) is 6. The Kier molecular flexibility index (Phi) is 6.67. The van der Waals surface area contributed by atoms with Crippen molar-refractivity contribution < 1.29 is 29.2 Å². The summed E-state index contributed by atoms with van der Waals surface area (Å²) >= 11 is 1.38. The summed E-state index contributed by atoms with van der Waals surface area (Å²) in [5.41, 5.74) is 0.985. The molecule has 3 N–H and O–H groups in total. The lowest BCUT2D eigenvalue weighted by molar-refractivity contribution is -0.789. The van der Waals surface area contributed by atoms with Crippen LogP contribution < -0.4 is 10.6 Å². The molecule has 0 saturated heterocycles. The van der Waals surface area contributed by atoms with Crippen molar-refractivity contribution in [2.75, 3.05) is 18.5 Å². The first-order valence-electron chi connectivity index (χ1n) is 9.30. The fraction of sp³-hybridized carbons (Fsp3) is 0.550. The van der Waals surface area contributed by atoms with Crippen molar-refractivity contribution in [3.8, 4) is 0 Å². The van der Waals surface area contributed by atoms with E-state index in [1.807, 2.05) is 0 Å². The lowest BCUT2D eigenvalue weighted by Gasteiger charge is -2.38. The SMILES string of the molecule is C/C=C/C(=O)OCC(=O)Nc1sc2c(c1C(=O)OCC)CC(C)(C)[NH2+]C2(C)C. The quantitative estimate of drug-likeness (QED) is 0.554. The molecular formula is C20H29N2O5S+. The smallest absolute Gasteiger partial charge is 0.341 e. The van der Waals surface area contributed by atoms with E-state index in [4.69, 9.17) is 9.47 Å². The minimum Gasteiger partial charge on any atom is -0.462 e. The molecule has 7 nitrogen and oxygen atoms in total. The topological polar surface area (TPSA) is 98.3 Å². The summed E-state index contributed by atoms with van der Waals surface area (Å²) in [5, 5.41) is 5.45. The van der Waals surface area contributed by atoms with Crippen LogP contribution in [-0.2, 0) is 31.0 Å². The Hall–Kier alpha value is -2.19. The first-order valence-corrected chi connectivity index (χ1v) is 10.1. The minimum absolute atomic E-state index is 0.0951. The van der Waals surface area contributed by atoms with Gasteiger partial charge >= 0.3 is 11.9 Å². The third-order valence-electron chi connectivity index (χ3n) is 4.36. The van der Waals surface area contributed by atoms with Crippen molar-refractivity contribution >= 4 is 34.2 Å². The molecule has 0 atom stereocenters. The first kappa shape index (κ1) is 22.1. The number of hydrogen-bond donors (Lipinski definition) is 2. The van der Waals surface area contributed by atoms with Crippen molar-refractivity contribution in [1.82, 2.24) is 0 Å². The van der Waals surface area contributed by atoms with Gasteiger partial charge in [-0.1, -0.05) is 6.08 Å². The minimum atomic E-state index is -0.591. The van der Waals surface area contributed by atoms with E-state index in [1.165, 1.54) is 23.5 Å². The van der Waals surface area contributed by atoms with Crippen LogP contribution in [0.5, 0.6) is 0 Å². The molecule has 1 aromatic rings. The van der Waals surface area contributed by atoms with E-state index < -0.39 is 24.5 Å². The first-order chi connectivity index (χ1) is 13.0. The van der Waals surface area contributed by atoms with Crippen LogP contribution in [-0.4, -0.2) is 36.6 Å². The number of carbonyl (C=O) groups excluding carboxylic acids is 3. The Labute approximate surface area is 169 Å². The molecule has 1 aliphatic heterocycles. The molecule has 0 aromatic carbocycles. The van der Waals surface area contributed by atoms with Crippen LogP contribution in [0.4, 0.5) is 5.00 Å². The molecule has 0 radical (unpaired) electrons. The Balaban J connectivity index is 2.36. The summed E-state index contributed by atoms with van der Waals surface area (Å²) in [5.74, 6) is -1.54. The number of ether oxygens (including phenoxy) is 2. The molecule has 0 fully saturated rings. The third-order valence-corrected chi connectivity index (χ3v) is 5.84. The Bertz CT molecular complexity index is 808. The zero-order valence-corrected chi connectivity index (χ0v) is 18.1. The van der Waals surface area contributed by atoms with E-state index in [1.54, 1.807) is 13.8 Å². The van der Waals surface area contributed by atoms with Gasteiger partial charge in [-0.15, -0.1) is 11.3 Å². The zero-order chi connectivity index (χ0) is 21.1. The molecule has 1 amide bonds. The van der Waals surface area contributed by atoms with Crippen LogP contribution in [0, 0.1) is 0 Å². The second-order valence-electron chi connectivity index (χ2n) is 8.02. The van der Waals surface area contributed by atoms with Crippen LogP contribution >= 0.6 is 11.3 Å². The van der Waals surface area contributed by atoms with Gasteiger partial charge in [-0.05, 0) is 47.1 Å². The van der Waals surface area contributed by atoms with Crippen LogP contribution in [0.25, 0.3) is 0 Å². The number of anilines is 1. The maximum absolute atomic E-state index is 12.7. The molecule has 28 heavy (non-hydrogen) atoms. The summed E-state index contributed by atoms with van der Waals surface area (Å²) in [6.45, 7) is 11.7. The lowest BCUT2D eigenvalue weighted by atomic mass is 9.81. The van der Waals surface area contributed by atoms with Gasteiger partial charge in [0.15, 0.2) is 6.61 Å². The molecule has 0 bridgehead atoms. The maximum atomic E-state index is 12.7. The fourth-order valence-corrected chi connectivity index (χ4v) is 4.99. The lowest BCUT2D eigenvalue weighted by Crippen LogP contribution is -3.03. The normalized spacial score (nSPS) is 17.1. The average Bonchev–Trinajstić information content (AvgIpc) is 2.90. The van der Waals surface area contributed by atoms with Crippen molar-refractivity contribution in [3.63, 3.8) is 0 Å². The summed E-state index contributed by atoms with van der Waals surface area (Å²) in [7, 11) is 0. The predicted octanol–water partition coefficient (Wildman–Crippen LogP) is 2.12. The Morgan fingerprint density at radius 2 is 1.89 bits per heavy atom. The van der Waals surface area contributed by atoms with Gasteiger partial charge in [0.2, 0.25) is 0 Å². The zero-order valence-electron chi connectivity index (χ0n) is 17.3. The molecule has 2 heterocycles. The van der Waals surface area contributed by atoms with E-state index in [2.05, 4.69) is 38.3 Å². The molecule has 0 unspecified atom stereocenters. The molecule has 8 heteroatoms. The number of quaternary nitrogens is 1. The standard InChI is InChI=1S/C20H28N2O5S/c1-7-9-14(24)27-11-13(23)21-17-15(18(25)26-8-2)12-10-19(3,4)22-20(5,6)16(12)28-17/h7,9,22H,8,10-11H2,1-6H3,(H,21,23)/p+1/b9-7+. The highest BCUT2D eigenvalue weighted by Gasteiger charge is 2.45. The molecule has 154 valence electrons. The highest BCUT2D eigenvalue weighted by Crippen LogP contribution is 2.42. The van der Waals surface area contributed by atoms with Crippen LogP contribution in [0.15, 0.2) is 12.2 Å². The molecular weight excluding hydrogens is 380 g/mol. The van der Waals surface area contributed by atoms with Gasteiger partial charge in [0, 0.05) is 12.5 Å². The van der Waals surface area contributed by atoms with Crippen LogP contribution in [0.1, 0.15) is 62.3 Å². The fourth-order valence-electron chi connectivity index (χ4n) is 3.69. The number of fused-ring (bicyclic) bond motifs is 1. The molecule has 0 aliphatic carbocycles. The number of amides is 1. The molecule has 1 aliphatic rings. The predicted molar refractivity (Wildman–Crippen MR) is 107 cm³/mol. The number of esters is 2. The van der Waals surface area contributed by atoms with Crippen LogP contribution in [0.3, 0.4) is 0 Å². The number of thiophene rings is 1. The summed E-state index contributed by atoms with van der Waals surface area (Å²) in [6, 6.07) is 0.